The largest absolute Gasteiger partial charge is 0.393 e. The Labute approximate surface area is 61.6 Å². The summed E-state index contributed by atoms with van der Waals surface area (Å²) in [6.07, 6.45) is 5.93. The molecule has 0 aliphatic carbocycles. The highest BCUT2D eigenvalue weighted by Crippen LogP contribution is 2.00. The lowest BCUT2D eigenvalue weighted by Crippen LogP contribution is -2.02. The molecule has 0 aromatic carbocycles. The van der Waals surface area contributed by atoms with Gasteiger partial charge >= 0.3 is 0 Å². The van der Waals surface area contributed by atoms with Gasteiger partial charge in [-0.3, -0.25) is 4.79 Å². The summed E-state index contributed by atoms with van der Waals surface area (Å²) in [4.78, 5) is 9.78. The third-order valence-electron chi connectivity index (χ3n) is 1.24. The van der Waals surface area contributed by atoms with E-state index in [0.717, 1.165) is 19.1 Å². The molecule has 0 saturated carbocycles. The van der Waals surface area contributed by atoms with Crippen LogP contribution in [0.25, 0.3) is 0 Å². The maximum atomic E-state index is 9.78. The lowest BCUT2D eigenvalue weighted by molar-refractivity contribution is -0.104. The molecule has 0 rings (SSSR count). The second-order valence-corrected chi connectivity index (χ2v) is 2.24. The number of allylic oxidation sites excluding steroid dienone is 1. The number of aldehydes is 1. The molecule has 0 saturated heterocycles. The molecule has 0 aromatic heterocycles. The van der Waals surface area contributed by atoms with E-state index in [1.807, 2.05) is 6.92 Å². The molecule has 0 aromatic rings. The van der Waals surface area contributed by atoms with E-state index < -0.39 is 0 Å². The first kappa shape index (κ1) is 9.37. The average Bonchev–Trinajstić information content (AvgIpc) is 1.89. The molecule has 0 bridgehead atoms. The summed E-state index contributed by atoms with van der Waals surface area (Å²) in [6, 6.07) is 0. The van der Waals surface area contributed by atoms with Crippen molar-refractivity contribution in [1.29, 1.82) is 0 Å². The van der Waals surface area contributed by atoms with Gasteiger partial charge in [-0.15, -0.1) is 0 Å². The van der Waals surface area contributed by atoms with Crippen molar-refractivity contribution in [3.05, 3.63) is 12.2 Å². The first-order chi connectivity index (χ1) is 4.81. The molecule has 0 aliphatic heterocycles. The Balaban J connectivity index is 3.28. The van der Waals surface area contributed by atoms with Crippen molar-refractivity contribution in [2.45, 2.75) is 32.3 Å². The van der Waals surface area contributed by atoms with Crippen LogP contribution in [0.2, 0.25) is 0 Å². The molecule has 58 valence electrons. The average molecular weight is 142 g/mol. The molecule has 1 N–H and O–H groups in total. The lowest BCUT2D eigenvalue weighted by atomic mass is 10.1. The van der Waals surface area contributed by atoms with Crippen molar-refractivity contribution in [3.8, 4) is 0 Å². The normalized spacial score (nSPS) is 13.8. The SMILES string of the molecule is CCCC(O)CC=CC=O. The van der Waals surface area contributed by atoms with E-state index in [0.29, 0.717) is 6.42 Å². The molecule has 2 heteroatoms. The standard InChI is InChI=1S/C8H14O2/c1-2-5-8(10)6-3-4-7-9/h3-4,7-8,10H,2,5-6H2,1H3. The lowest BCUT2D eigenvalue weighted by Gasteiger charge is -2.03. The van der Waals surface area contributed by atoms with E-state index in [2.05, 4.69) is 0 Å². The van der Waals surface area contributed by atoms with E-state index >= 15 is 0 Å². The molecule has 0 amide bonds. The van der Waals surface area contributed by atoms with Gasteiger partial charge in [0.1, 0.15) is 6.29 Å². The summed E-state index contributed by atoms with van der Waals surface area (Å²) in [5, 5.41) is 9.11. The van der Waals surface area contributed by atoms with Gasteiger partial charge in [0.15, 0.2) is 0 Å². The topological polar surface area (TPSA) is 37.3 Å². The van der Waals surface area contributed by atoms with Crippen molar-refractivity contribution in [2.24, 2.45) is 0 Å². The zero-order chi connectivity index (χ0) is 7.82. The molecular formula is C8H14O2. The molecule has 0 fully saturated rings. The van der Waals surface area contributed by atoms with Crippen molar-refractivity contribution in [3.63, 3.8) is 0 Å². The van der Waals surface area contributed by atoms with E-state index in [1.54, 1.807) is 6.08 Å². The Morgan fingerprint density at radius 2 is 2.30 bits per heavy atom. The Kier molecular flexibility index (Phi) is 6.08. The Morgan fingerprint density at radius 3 is 2.80 bits per heavy atom. The number of carbonyl (C=O) groups excluding carboxylic acids is 1. The van der Waals surface area contributed by atoms with E-state index in [4.69, 9.17) is 5.11 Å². The van der Waals surface area contributed by atoms with Crippen LogP contribution in [0.5, 0.6) is 0 Å². The van der Waals surface area contributed by atoms with Gasteiger partial charge in [-0.1, -0.05) is 19.4 Å². The molecule has 1 atom stereocenters. The van der Waals surface area contributed by atoms with Crippen LogP contribution < -0.4 is 0 Å². The third-order valence-corrected chi connectivity index (χ3v) is 1.24. The summed E-state index contributed by atoms with van der Waals surface area (Å²) < 4.78 is 0. The molecule has 0 heterocycles. The molecular weight excluding hydrogens is 128 g/mol. The Morgan fingerprint density at radius 1 is 1.60 bits per heavy atom. The zero-order valence-corrected chi connectivity index (χ0v) is 6.29. The fourth-order valence-corrected chi connectivity index (χ4v) is 0.742. The van der Waals surface area contributed by atoms with Crippen molar-refractivity contribution in [1.82, 2.24) is 0 Å². The zero-order valence-electron chi connectivity index (χ0n) is 6.29. The molecule has 2 nitrogen and oxygen atoms in total. The molecule has 0 radical (unpaired) electrons. The van der Waals surface area contributed by atoms with Crippen LogP contribution in [0.4, 0.5) is 0 Å². The van der Waals surface area contributed by atoms with Gasteiger partial charge in [-0.25, -0.2) is 0 Å². The number of aliphatic hydroxyl groups excluding tert-OH is 1. The van der Waals surface area contributed by atoms with Crippen LogP contribution in [-0.4, -0.2) is 17.5 Å². The molecule has 0 aliphatic rings. The van der Waals surface area contributed by atoms with Crippen molar-refractivity contribution in [2.75, 3.05) is 0 Å². The summed E-state index contributed by atoms with van der Waals surface area (Å²) >= 11 is 0. The van der Waals surface area contributed by atoms with E-state index in [9.17, 15) is 4.79 Å². The molecule has 10 heavy (non-hydrogen) atoms. The van der Waals surface area contributed by atoms with Gasteiger partial charge in [0.2, 0.25) is 0 Å². The molecule has 1 unspecified atom stereocenters. The maximum Gasteiger partial charge on any atom is 0.142 e. The summed E-state index contributed by atoms with van der Waals surface area (Å²) in [5.41, 5.74) is 0. The van der Waals surface area contributed by atoms with Crippen LogP contribution >= 0.6 is 0 Å². The minimum absolute atomic E-state index is 0.277. The monoisotopic (exact) mass is 142 g/mol. The fraction of sp³-hybridized carbons (Fsp3) is 0.625. The second kappa shape index (κ2) is 6.49. The van der Waals surface area contributed by atoms with Crippen LogP contribution in [0, 0.1) is 0 Å². The number of carbonyl (C=O) groups is 1. The summed E-state index contributed by atoms with van der Waals surface area (Å²) in [5.74, 6) is 0. The van der Waals surface area contributed by atoms with Crippen LogP contribution in [0.15, 0.2) is 12.2 Å². The van der Waals surface area contributed by atoms with Gasteiger partial charge in [-0.05, 0) is 18.9 Å². The maximum absolute atomic E-state index is 9.78. The highest BCUT2D eigenvalue weighted by Gasteiger charge is 1.97. The fourth-order valence-electron chi connectivity index (χ4n) is 0.742. The minimum atomic E-state index is -0.277. The Bertz CT molecular complexity index is 108. The number of aliphatic hydroxyl groups is 1. The highest BCUT2D eigenvalue weighted by molar-refractivity contribution is 5.64. The predicted molar refractivity (Wildman–Crippen MR) is 40.7 cm³/mol. The van der Waals surface area contributed by atoms with Gasteiger partial charge < -0.3 is 5.11 Å². The van der Waals surface area contributed by atoms with Gasteiger partial charge in [-0.2, -0.15) is 0 Å². The van der Waals surface area contributed by atoms with Crippen molar-refractivity contribution >= 4 is 6.29 Å². The second-order valence-electron chi connectivity index (χ2n) is 2.24. The van der Waals surface area contributed by atoms with Gasteiger partial charge in [0.05, 0.1) is 6.10 Å². The van der Waals surface area contributed by atoms with Crippen LogP contribution in [0.1, 0.15) is 26.2 Å². The summed E-state index contributed by atoms with van der Waals surface area (Å²) in [6.45, 7) is 2.02. The van der Waals surface area contributed by atoms with E-state index in [-0.39, 0.29) is 6.10 Å². The number of rotatable bonds is 5. The third kappa shape index (κ3) is 5.51. The summed E-state index contributed by atoms with van der Waals surface area (Å²) in [7, 11) is 0. The minimum Gasteiger partial charge on any atom is -0.393 e. The molecule has 0 spiro atoms. The van der Waals surface area contributed by atoms with E-state index in [1.165, 1.54) is 6.08 Å². The first-order valence-electron chi connectivity index (χ1n) is 3.59. The smallest absolute Gasteiger partial charge is 0.142 e. The number of hydrogen-bond acceptors (Lipinski definition) is 2. The predicted octanol–water partition coefficient (Wildman–Crippen LogP) is 1.29. The van der Waals surface area contributed by atoms with Gasteiger partial charge in [0.25, 0.3) is 0 Å². The Hall–Kier alpha value is -0.630. The highest BCUT2D eigenvalue weighted by atomic mass is 16.3. The van der Waals surface area contributed by atoms with Crippen LogP contribution in [0.3, 0.4) is 0 Å². The van der Waals surface area contributed by atoms with Gasteiger partial charge in [0, 0.05) is 0 Å². The van der Waals surface area contributed by atoms with Crippen LogP contribution in [-0.2, 0) is 4.79 Å². The number of hydrogen-bond donors (Lipinski definition) is 1. The quantitative estimate of drug-likeness (QED) is 0.464. The van der Waals surface area contributed by atoms with Crippen molar-refractivity contribution < 1.29 is 9.90 Å². The first-order valence-corrected chi connectivity index (χ1v) is 3.59.